The van der Waals surface area contributed by atoms with Gasteiger partial charge < -0.3 is 10.2 Å². The van der Waals surface area contributed by atoms with Crippen molar-refractivity contribution < 1.29 is 36.6 Å². The second kappa shape index (κ2) is 17.0. The number of carbonyl (C=O) groups is 2. The van der Waals surface area contributed by atoms with Crippen molar-refractivity contribution in [2.75, 3.05) is 0 Å². The van der Waals surface area contributed by atoms with Gasteiger partial charge in [-0.15, -0.1) is 0 Å². The minimum atomic E-state index is -0.710. The summed E-state index contributed by atoms with van der Waals surface area (Å²) in [6, 6.07) is 25.2. The summed E-state index contributed by atoms with van der Waals surface area (Å²) in [5.74, 6) is -1.60. The molecule has 0 N–H and O–H groups in total. The molecule has 0 spiro atoms. The molecular weight excluding hydrogens is 655 g/mol. The molecule has 49 heavy (non-hydrogen) atoms. The Hall–Kier alpha value is -4.85. The van der Waals surface area contributed by atoms with Crippen molar-refractivity contribution in [1.29, 1.82) is 0 Å². The molecule has 7 heteroatoms. The third-order valence-electron chi connectivity index (χ3n) is 8.37. The van der Waals surface area contributed by atoms with Crippen LogP contribution in [0.5, 0.6) is 0 Å². The van der Waals surface area contributed by atoms with Gasteiger partial charge in [-0.05, 0) is 99.9 Å². The van der Waals surface area contributed by atoms with Crippen LogP contribution < -0.4 is 10.2 Å². The third-order valence-corrected chi connectivity index (χ3v) is 8.37. The summed E-state index contributed by atoms with van der Waals surface area (Å²) in [7, 11) is 0. The molecule has 0 aromatic heterocycles. The first-order valence-electron chi connectivity index (χ1n) is 16.0. The number of carbonyl (C=O) groups excluding carboxylic acids is 2. The van der Waals surface area contributed by atoms with E-state index in [2.05, 4.69) is 0 Å². The molecule has 0 bridgehead atoms. The molecule has 0 aliphatic rings. The molecule has 0 aliphatic heterocycles. The Morgan fingerprint density at radius 3 is 1.10 bits per heavy atom. The topological polar surface area (TPSA) is 105 Å². The summed E-state index contributed by atoms with van der Waals surface area (Å²) in [6.07, 6.45) is 2.71. The first kappa shape index (κ1) is 38.6. The van der Waals surface area contributed by atoms with Crippen LogP contribution in [0.4, 0.5) is 0 Å². The zero-order chi connectivity index (χ0) is 35.1. The van der Waals surface area contributed by atoms with E-state index in [0.717, 1.165) is 44.5 Å². The summed E-state index contributed by atoms with van der Waals surface area (Å²) < 4.78 is 0. The molecule has 0 saturated heterocycles. The van der Waals surface area contributed by atoms with E-state index >= 15 is 0 Å². The van der Waals surface area contributed by atoms with Crippen molar-refractivity contribution in [1.82, 2.24) is 0 Å². The van der Waals surface area contributed by atoms with Gasteiger partial charge in [-0.3, -0.25) is 19.6 Å². The van der Waals surface area contributed by atoms with Crippen molar-refractivity contribution in [3.05, 3.63) is 152 Å². The van der Waals surface area contributed by atoms with Crippen LogP contribution in [0.3, 0.4) is 0 Å². The average molecular weight is 698 g/mol. The van der Waals surface area contributed by atoms with Crippen LogP contribution in [-0.4, -0.2) is 24.0 Å². The molecule has 0 saturated carbocycles. The van der Waals surface area contributed by atoms with Crippen molar-refractivity contribution in [3.63, 3.8) is 0 Å². The number of benzene rings is 4. The van der Waals surface area contributed by atoms with Crippen LogP contribution in [-0.2, 0) is 26.4 Å². The van der Waals surface area contributed by atoms with Gasteiger partial charge in [0.05, 0.1) is 0 Å². The molecule has 0 aliphatic carbocycles. The van der Waals surface area contributed by atoms with E-state index in [1.54, 1.807) is 0 Å². The maximum absolute atomic E-state index is 13.8. The molecule has 1 radical (unpaired) electrons. The predicted octanol–water partition coefficient (Wildman–Crippen LogP) is 7.18. The Bertz CT molecular complexity index is 1770. The number of Topliss-reactive ketones (excluding diaryl/α,β-unsaturated/α-hetero) is 2. The maximum Gasteiger partial charge on any atom is 2.00 e. The molecule has 4 aromatic rings. The molecule has 253 valence electrons. The van der Waals surface area contributed by atoms with Gasteiger partial charge >= 0.3 is 16.8 Å². The number of allylic oxidation sites excluding steroid dienone is 2. The number of nitrogens with zero attached hydrogens (tertiary/aromatic N) is 2. The summed E-state index contributed by atoms with van der Waals surface area (Å²) in [5, 5.41) is 27.7. The fourth-order valence-electron chi connectivity index (χ4n) is 6.27. The van der Waals surface area contributed by atoms with Gasteiger partial charge in [-0.1, -0.05) is 108 Å². The summed E-state index contributed by atoms with van der Waals surface area (Å²) in [4.78, 5) is 35.7. The minimum absolute atomic E-state index is 0. The van der Waals surface area contributed by atoms with Crippen LogP contribution in [0.2, 0.25) is 0 Å². The summed E-state index contributed by atoms with van der Waals surface area (Å²) in [5.41, 5.74) is 7.62. The van der Waals surface area contributed by atoms with Gasteiger partial charge in [0.1, 0.15) is 12.1 Å². The largest absolute Gasteiger partial charge is 2.00 e. The molecule has 0 fully saturated rings. The van der Waals surface area contributed by atoms with Gasteiger partial charge in [0.2, 0.25) is 0 Å². The monoisotopic (exact) mass is 697 g/mol. The van der Waals surface area contributed by atoms with Crippen LogP contribution in [0.25, 0.3) is 11.5 Å². The summed E-state index contributed by atoms with van der Waals surface area (Å²) in [6.45, 7) is 14.1. The number of hydrogen-bond donors (Lipinski definition) is 0. The molecular formula is C42H42CoN2O4. The van der Waals surface area contributed by atoms with E-state index in [1.807, 2.05) is 126 Å². The Labute approximate surface area is 300 Å². The van der Waals surface area contributed by atoms with Crippen LogP contribution in [0, 0.1) is 41.5 Å². The number of rotatable bonds is 11. The number of aliphatic imine (C=N–C) groups is 2. The fraction of sp³-hybridized carbons (Fsp3) is 0.238. The quantitative estimate of drug-likeness (QED) is 0.0941. The van der Waals surface area contributed by atoms with E-state index in [1.165, 1.54) is 26.3 Å². The van der Waals surface area contributed by atoms with E-state index < -0.39 is 35.2 Å². The van der Waals surface area contributed by atoms with E-state index in [-0.39, 0.29) is 27.9 Å². The van der Waals surface area contributed by atoms with Gasteiger partial charge in [0.15, 0.2) is 11.6 Å². The van der Waals surface area contributed by atoms with Gasteiger partial charge in [-0.25, -0.2) is 0 Å². The first-order chi connectivity index (χ1) is 22.8. The maximum atomic E-state index is 13.8. The second-order valence-electron chi connectivity index (χ2n) is 12.4. The third kappa shape index (κ3) is 9.19. The Balaban J connectivity index is 0.00000650. The van der Waals surface area contributed by atoms with Crippen LogP contribution in [0.15, 0.2) is 106 Å². The van der Waals surface area contributed by atoms with Crippen molar-refractivity contribution in [2.45, 2.75) is 67.5 Å². The molecule has 0 heterocycles. The Kier molecular flexibility index (Phi) is 13.4. The fourth-order valence-corrected chi connectivity index (χ4v) is 6.27. The SMILES string of the molecule is CC(=O)C(C=N[C@@H](c1ccccc1)[C@@H](N=CC(C(C)=O)=C([O-])c1c(C)cc(C)cc1C)c1ccccc1)=C([O-])c1c(C)cc(C)cc1C.[Co+2]. The van der Waals surface area contributed by atoms with E-state index in [0.29, 0.717) is 11.1 Å². The van der Waals surface area contributed by atoms with Gasteiger partial charge in [0, 0.05) is 23.6 Å². The number of ketones is 2. The minimum Gasteiger partial charge on any atom is -0.872 e. The zero-order valence-corrected chi connectivity index (χ0v) is 30.3. The number of hydrogen-bond acceptors (Lipinski definition) is 6. The molecule has 6 nitrogen and oxygen atoms in total. The summed E-state index contributed by atoms with van der Waals surface area (Å²) >= 11 is 0. The van der Waals surface area contributed by atoms with Crippen molar-refractivity contribution >= 4 is 35.5 Å². The molecule has 4 rings (SSSR count). The normalized spacial score (nSPS) is 13.8. The van der Waals surface area contributed by atoms with Gasteiger partial charge in [0.25, 0.3) is 0 Å². The Morgan fingerprint density at radius 2 is 0.837 bits per heavy atom. The zero-order valence-electron chi connectivity index (χ0n) is 29.3. The predicted molar refractivity (Wildman–Crippen MR) is 192 cm³/mol. The van der Waals surface area contributed by atoms with E-state index in [4.69, 9.17) is 9.98 Å². The Morgan fingerprint density at radius 1 is 0.551 bits per heavy atom. The molecule has 2 atom stereocenters. The number of aryl methyl sites for hydroxylation is 6. The molecule has 0 unspecified atom stereocenters. The smallest absolute Gasteiger partial charge is 0.872 e. The average Bonchev–Trinajstić information content (AvgIpc) is 3.01. The van der Waals surface area contributed by atoms with E-state index in [9.17, 15) is 19.8 Å². The standard InChI is InChI=1S/C42H44N2O4.Co/c1-25-19-27(3)37(28(4)20-25)41(47)35(31(7)45)23-43-39(33-15-11-9-12-16-33)40(34-17-13-10-14-18-34)44-24-36(32(8)46)42(48)38-29(5)21-26(2)22-30(38)6;/h9-24,39-40,47-48H,1-8H3;/q;+2/p-2/t39-,40-;/m0./s1. The van der Waals surface area contributed by atoms with Crippen molar-refractivity contribution in [3.8, 4) is 0 Å². The first-order valence-corrected chi connectivity index (χ1v) is 16.0. The van der Waals surface area contributed by atoms with Crippen molar-refractivity contribution in [2.24, 2.45) is 9.98 Å². The van der Waals surface area contributed by atoms with Crippen LogP contribution >= 0.6 is 0 Å². The van der Waals surface area contributed by atoms with Crippen LogP contribution in [0.1, 0.15) is 81.6 Å². The molecule has 4 aromatic carbocycles. The molecule has 0 amide bonds. The second-order valence-corrected chi connectivity index (χ2v) is 12.4. The van der Waals surface area contributed by atoms with Gasteiger partial charge in [-0.2, -0.15) is 0 Å².